The summed E-state index contributed by atoms with van der Waals surface area (Å²) >= 11 is 6.06. The highest BCUT2D eigenvalue weighted by Gasteiger charge is 2.22. The third-order valence-electron chi connectivity index (χ3n) is 3.42. The van der Waals surface area contributed by atoms with Crippen molar-refractivity contribution in [3.8, 4) is 0 Å². The molecule has 0 heterocycles. The van der Waals surface area contributed by atoms with Crippen molar-refractivity contribution in [3.05, 3.63) is 34.9 Å². The summed E-state index contributed by atoms with van der Waals surface area (Å²) in [5, 5.41) is 0. The van der Waals surface area contributed by atoms with Crippen molar-refractivity contribution < 1.29 is 0 Å². The van der Waals surface area contributed by atoms with Crippen molar-refractivity contribution in [1.82, 2.24) is 0 Å². The van der Waals surface area contributed by atoms with Gasteiger partial charge in [0.2, 0.25) is 0 Å². The van der Waals surface area contributed by atoms with Crippen LogP contribution in [0.25, 0.3) is 0 Å². The third-order valence-corrected chi connectivity index (χ3v) is 4.07. The molecule has 15 heavy (non-hydrogen) atoms. The molecule has 0 aliphatic heterocycles. The Morgan fingerprint density at radius 3 is 2.13 bits per heavy atom. The second kappa shape index (κ2) is 5.03. The average molecular weight is 225 g/mol. The van der Waals surface area contributed by atoms with Crippen LogP contribution < -0.4 is 0 Å². The molecule has 0 aliphatic rings. The van der Waals surface area contributed by atoms with Crippen molar-refractivity contribution in [1.29, 1.82) is 0 Å². The summed E-state index contributed by atoms with van der Waals surface area (Å²) in [7, 11) is 0. The van der Waals surface area contributed by atoms with Gasteiger partial charge in [-0.2, -0.15) is 0 Å². The van der Waals surface area contributed by atoms with E-state index in [2.05, 4.69) is 45.9 Å². The van der Waals surface area contributed by atoms with Crippen LogP contribution in [0.15, 0.2) is 18.2 Å². The van der Waals surface area contributed by atoms with Gasteiger partial charge >= 0.3 is 0 Å². The number of halogens is 1. The van der Waals surface area contributed by atoms with Crippen molar-refractivity contribution in [3.63, 3.8) is 0 Å². The van der Waals surface area contributed by atoms with Crippen LogP contribution in [0.3, 0.4) is 0 Å². The van der Waals surface area contributed by atoms with Crippen LogP contribution in [0.1, 0.15) is 37.0 Å². The van der Waals surface area contributed by atoms with Crippen LogP contribution in [-0.2, 0) is 6.42 Å². The van der Waals surface area contributed by atoms with E-state index in [4.69, 9.17) is 11.6 Å². The minimum Gasteiger partial charge on any atom is -0.126 e. The van der Waals surface area contributed by atoms with Gasteiger partial charge in [-0.15, -0.1) is 11.6 Å². The van der Waals surface area contributed by atoms with E-state index in [-0.39, 0.29) is 5.41 Å². The van der Waals surface area contributed by atoms with Crippen LogP contribution in [0, 0.1) is 19.3 Å². The van der Waals surface area contributed by atoms with Crippen molar-refractivity contribution >= 4 is 11.6 Å². The molecule has 0 radical (unpaired) electrons. The molecular formula is C14H21Cl. The number of hydrogen-bond acceptors (Lipinski definition) is 0. The quantitative estimate of drug-likeness (QED) is 0.661. The second-order valence-electron chi connectivity index (χ2n) is 4.84. The molecule has 0 saturated heterocycles. The Labute approximate surface area is 98.7 Å². The molecule has 0 aliphatic carbocycles. The molecule has 0 saturated carbocycles. The fraction of sp³-hybridized carbons (Fsp3) is 0.571. The van der Waals surface area contributed by atoms with Gasteiger partial charge in [-0.3, -0.25) is 0 Å². The van der Waals surface area contributed by atoms with Crippen molar-refractivity contribution in [2.75, 3.05) is 5.88 Å². The summed E-state index contributed by atoms with van der Waals surface area (Å²) in [6.07, 6.45) is 2.22. The first-order valence-electron chi connectivity index (χ1n) is 5.63. The normalized spacial score (nSPS) is 15.0. The molecule has 1 rings (SSSR count). The van der Waals surface area contributed by atoms with E-state index in [1.807, 2.05) is 0 Å². The Morgan fingerprint density at radius 2 is 1.73 bits per heavy atom. The first kappa shape index (κ1) is 12.6. The maximum atomic E-state index is 6.06. The first-order chi connectivity index (χ1) is 7.02. The van der Waals surface area contributed by atoms with E-state index in [1.54, 1.807) is 0 Å². The predicted octanol–water partition coefficient (Wildman–Crippen LogP) is 4.50. The number of rotatable bonds is 4. The van der Waals surface area contributed by atoms with Crippen LogP contribution >= 0.6 is 11.6 Å². The molecule has 1 heteroatoms. The van der Waals surface area contributed by atoms with Crippen LogP contribution in [-0.4, -0.2) is 5.88 Å². The minimum atomic E-state index is 0.235. The Bertz CT molecular complexity index is 304. The lowest BCUT2D eigenvalue weighted by molar-refractivity contribution is 0.354. The van der Waals surface area contributed by atoms with Crippen LogP contribution in [0.2, 0.25) is 0 Å². The monoisotopic (exact) mass is 224 g/mol. The van der Waals surface area contributed by atoms with Crippen LogP contribution in [0.4, 0.5) is 0 Å². The molecule has 1 unspecified atom stereocenters. The van der Waals surface area contributed by atoms with Crippen LogP contribution in [0.5, 0.6) is 0 Å². The number of benzene rings is 1. The third kappa shape index (κ3) is 2.98. The lowest BCUT2D eigenvalue weighted by Gasteiger charge is -2.27. The molecule has 1 atom stereocenters. The summed E-state index contributed by atoms with van der Waals surface area (Å²) in [6.45, 7) is 8.86. The maximum Gasteiger partial charge on any atom is 0.0280 e. The molecule has 1 aromatic carbocycles. The zero-order valence-corrected chi connectivity index (χ0v) is 11.0. The topological polar surface area (TPSA) is 0 Å². The maximum absolute atomic E-state index is 6.06. The van der Waals surface area contributed by atoms with E-state index >= 15 is 0 Å². The Hall–Kier alpha value is -0.490. The summed E-state index contributed by atoms with van der Waals surface area (Å²) in [5.74, 6) is 0.733. The summed E-state index contributed by atoms with van der Waals surface area (Å²) < 4.78 is 0. The van der Waals surface area contributed by atoms with Crippen molar-refractivity contribution in [2.24, 2.45) is 5.41 Å². The summed E-state index contributed by atoms with van der Waals surface area (Å²) in [6, 6.07) is 6.50. The van der Waals surface area contributed by atoms with Gasteiger partial charge in [0.15, 0.2) is 0 Å². The van der Waals surface area contributed by atoms with Gasteiger partial charge in [-0.05, 0) is 48.8 Å². The second-order valence-corrected chi connectivity index (χ2v) is 5.11. The largest absolute Gasteiger partial charge is 0.126 e. The average Bonchev–Trinajstić information content (AvgIpc) is 2.23. The van der Waals surface area contributed by atoms with E-state index in [9.17, 15) is 0 Å². The molecule has 0 bridgehead atoms. The fourth-order valence-corrected chi connectivity index (χ4v) is 2.10. The molecule has 0 fully saturated rings. The van der Waals surface area contributed by atoms with Gasteiger partial charge in [0, 0.05) is 5.88 Å². The molecule has 0 aromatic heterocycles. The zero-order chi connectivity index (χ0) is 11.5. The molecule has 1 aromatic rings. The van der Waals surface area contributed by atoms with E-state index in [0.29, 0.717) is 0 Å². The molecule has 0 spiro atoms. The minimum absolute atomic E-state index is 0.235. The molecule has 0 N–H and O–H groups in total. The highest BCUT2D eigenvalue weighted by Crippen LogP contribution is 2.30. The standard InChI is InChI=1S/C14H21Cl/c1-5-14(4,10-15)9-13-11(2)7-6-8-12(13)3/h6-8H,5,9-10H2,1-4H3. The smallest absolute Gasteiger partial charge is 0.0280 e. The van der Waals surface area contributed by atoms with Gasteiger partial charge < -0.3 is 0 Å². The Kier molecular flexibility index (Phi) is 4.21. The van der Waals surface area contributed by atoms with Gasteiger partial charge in [0.25, 0.3) is 0 Å². The van der Waals surface area contributed by atoms with Gasteiger partial charge in [0.1, 0.15) is 0 Å². The summed E-state index contributed by atoms with van der Waals surface area (Å²) in [5.41, 5.74) is 4.49. The predicted molar refractivity (Wildman–Crippen MR) is 68.7 cm³/mol. The molecular weight excluding hydrogens is 204 g/mol. The van der Waals surface area contributed by atoms with Gasteiger partial charge in [-0.25, -0.2) is 0 Å². The summed E-state index contributed by atoms with van der Waals surface area (Å²) in [4.78, 5) is 0. The molecule has 0 nitrogen and oxygen atoms in total. The molecule has 84 valence electrons. The number of hydrogen-bond donors (Lipinski definition) is 0. The van der Waals surface area contributed by atoms with Crippen molar-refractivity contribution in [2.45, 2.75) is 40.5 Å². The fourth-order valence-electron chi connectivity index (χ4n) is 1.82. The number of alkyl halides is 1. The van der Waals surface area contributed by atoms with Gasteiger partial charge in [0.05, 0.1) is 0 Å². The lowest BCUT2D eigenvalue weighted by atomic mass is 9.80. The van der Waals surface area contributed by atoms with E-state index < -0.39 is 0 Å². The highest BCUT2D eigenvalue weighted by atomic mass is 35.5. The number of aryl methyl sites for hydroxylation is 2. The zero-order valence-electron chi connectivity index (χ0n) is 10.2. The van der Waals surface area contributed by atoms with Gasteiger partial charge in [-0.1, -0.05) is 32.0 Å². The van der Waals surface area contributed by atoms with E-state index in [1.165, 1.54) is 16.7 Å². The lowest BCUT2D eigenvalue weighted by Crippen LogP contribution is -2.21. The van der Waals surface area contributed by atoms with E-state index in [0.717, 1.165) is 18.7 Å². The highest BCUT2D eigenvalue weighted by molar-refractivity contribution is 6.18. The first-order valence-corrected chi connectivity index (χ1v) is 6.17. The SMILES string of the molecule is CCC(C)(CCl)Cc1c(C)cccc1C. The Balaban J connectivity index is 2.98. The molecule has 0 amide bonds. The Morgan fingerprint density at radius 1 is 1.20 bits per heavy atom.